The van der Waals surface area contributed by atoms with Crippen molar-refractivity contribution in [3.8, 4) is 5.75 Å². The van der Waals surface area contributed by atoms with Gasteiger partial charge in [-0.15, -0.1) is 0 Å². The van der Waals surface area contributed by atoms with Gasteiger partial charge in [0, 0.05) is 28.5 Å². The fourth-order valence-electron chi connectivity index (χ4n) is 3.76. The monoisotopic (exact) mass is 396 g/mol. The molecule has 1 saturated carbocycles. The van der Waals surface area contributed by atoms with E-state index in [0.29, 0.717) is 5.69 Å². The lowest BCUT2D eigenvalue weighted by atomic mass is 9.61. The minimum absolute atomic E-state index is 0.120. The average Bonchev–Trinajstić information content (AvgIpc) is 2.56. The minimum atomic E-state index is 0.120. The highest BCUT2D eigenvalue weighted by atomic mass is 79.9. The quantitative estimate of drug-likeness (QED) is 0.705. The first-order valence-electron chi connectivity index (χ1n) is 8.27. The molecule has 2 aliphatic rings. The highest BCUT2D eigenvalue weighted by molar-refractivity contribution is 9.10. The summed E-state index contributed by atoms with van der Waals surface area (Å²) in [5, 5.41) is 0. The number of carbonyl (C=O) groups is 1. The van der Waals surface area contributed by atoms with Crippen LogP contribution in [-0.4, -0.2) is 30.0 Å². The van der Waals surface area contributed by atoms with Crippen LogP contribution in [0.25, 0.3) is 4.85 Å². The Morgan fingerprint density at radius 2 is 1.92 bits per heavy atom. The molecule has 25 heavy (non-hydrogen) atoms. The lowest BCUT2D eigenvalue weighted by molar-refractivity contribution is -0.103. The van der Waals surface area contributed by atoms with Crippen LogP contribution in [0.2, 0.25) is 0 Å². The van der Waals surface area contributed by atoms with Gasteiger partial charge in [0.25, 0.3) is 5.91 Å². The SMILES string of the molecule is [C-]#[N+]c1ccc(OC2CC3(C2)CN(C(=O)c2ccccc2)C3)cc1Br. The molecule has 126 valence electrons. The Balaban J connectivity index is 1.30. The molecule has 4 rings (SSSR count). The maximum absolute atomic E-state index is 12.4. The van der Waals surface area contributed by atoms with Gasteiger partial charge < -0.3 is 9.64 Å². The Hall–Kier alpha value is -2.32. The van der Waals surface area contributed by atoms with Crippen molar-refractivity contribution in [3.63, 3.8) is 0 Å². The largest absolute Gasteiger partial charge is 0.490 e. The van der Waals surface area contributed by atoms with Crippen LogP contribution in [0.1, 0.15) is 23.2 Å². The van der Waals surface area contributed by atoms with E-state index >= 15 is 0 Å². The van der Waals surface area contributed by atoms with Crippen LogP contribution in [0.15, 0.2) is 53.0 Å². The molecular weight excluding hydrogens is 380 g/mol. The summed E-state index contributed by atoms with van der Waals surface area (Å²) in [7, 11) is 0. The van der Waals surface area contributed by atoms with Crippen molar-refractivity contribution in [1.29, 1.82) is 0 Å². The lowest BCUT2D eigenvalue weighted by Crippen LogP contribution is -2.65. The van der Waals surface area contributed by atoms with E-state index in [4.69, 9.17) is 11.3 Å². The first-order chi connectivity index (χ1) is 12.1. The van der Waals surface area contributed by atoms with Crippen LogP contribution in [0.3, 0.4) is 0 Å². The van der Waals surface area contributed by atoms with Crippen molar-refractivity contribution in [2.45, 2.75) is 18.9 Å². The molecule has 1 aliphatic carbocycles. The second-order valence-electron chi connectivity index (χ2n) is 6.90. The number of rotatable bonds is 3. The topological polar surface area (TPSA) is 33.9 Å². The molecule has 2 aromatic carbocycles. The van der Waals surface area contributed by atoms with Crippen LogP contribution in [0.4, 0.5) is 5.69 Å². The predicted molar refractivity (Wildman–Crippen MR) is 98.8 cm³/mol. The van der Waals surface area contributed by atoms with Gasteiger partial charge in [0.2, 0.25) is 5.69 Å². The van der Waals surface area contributed by atoms with Crippen molar-refractivity contribution >= 4 is 27.5 Å². The van der Waals surface area contributed by atoms with Crippen LogP contribution in [0.5, 0.6) is 5.75 Å². The molecule has 4 nitrogen and oxygen atoms in total. The Morgan fingerprint density at radius 3 is 2.56 bits per heavy atom. The molecule has 5 heteroatoms. The van der Waals surface area contributed by atoms with E-state index in [1.165, 1.54) is 0 Å². The number of benzene rings is 2. The van der Waals surface area contributed by atoms with Gasteiger partial charge in [0.1, 0.15) is 11.9 Å². The zero-order valence-corrected chi connectivity index (χ0v) is 15.2. The molecule has 1 saturated heterocycles. The summed E-state index contributed by atoms with van der Waals surface area (Å²) < 4.78 is 6.77. The van der Waals surface area contributed by atoms with Gasteiger partial charge >= 0.3 is 0 Å². The molecule has 1 spiro atoms. The summed E-state index contributed by atoms with van der Waals surface area (Å²) in [5.74, 6) is 0.907. The van der Waals surface area contributed by atoms with Gasteiger partial charge in [-0.05, 0) is 37.1 Å². The van der Waals surface area contributed by atoms with Crippen molar-refractivity contribution < 1.29 is 9.53 Å². The molecule has 2 fully saturated rings. The zero-order valence-electron chi connectivity index (χ0n) is 13.6. The lowest BCUT2D eigenvalue weighted by Gasteiger charge is -2.58. The van der Waals surface area contributed by atoms with Gasteiger partial charge in [-0.2, -0.15) is 0 Å². The Bertz CT molecular complexity index is 846. The zero-order chi connectivity index (χ0) is 17.4. The third-order valence-corrected chi connectivity index (χ3v) is 5.66. The number of hydrogen-bond acceptors (Lipinski definition) is 2. The number of amides is 1. The molecule has 0 unspecified atom stereocenters. The molecule has 0 atom stereocenters. The third-order valence-electron chi connectivity index (χ3n) is 5.02. The second-order valence-corrected chi connectivity index (χ2v) is 7.75. The molecular formula is C20H17BrN2O2. The number of hydrogen-bond donors (Lipinski definition) is 0. The van der Waals surface area contributed by atoms with E-state index in [1.54, 1.807) is 6.07 Å². The minimum Gasteiger partial charge on any atom is -0.490 e. The molecule has 0 N–H and O–H groups in total. The van der Waals surface area contributed by atoms with E-state index in [0.717, 1.165) is 41.7 Å². The predicted octanol–water partition coefficient (Wildman–Crippen LogP) is 4.68. The summed E-state index contributed by atoms with van der Waals surface area (Å²) in [6.45, 7) is 8.71. The number of likely N-dealkylation sites (tertiary alicyclic amines) is 1. The summed E-state index contributed by atoms with van der Waals surface area (Å²) in [4.78, 5) is 17.7. The van der Waals surface area contributed by atoms with E-state index in [1.807, 2.05) is 47.4 Å². The Morgan fingerprint density at radius 1 is 1.20 bits per heavy atom. The van der Waals surface area contributed by atoms with Gasteiger partial charge in [-0.1, -0.05) is 40.2 Å². The van der Waals surface area contributed by atoms with E-state index in [-0.39, 0.29) is 17.4 Å². The number of carbonyl (C=O) groups excluding carboxylic acids is 1. The first-order valence-corrected chi connectivity index (χ1v) is 9.06. The highest BCUT2D eigenvalue weighted by Gasteiger charge is 2.54. The van der Waals surface area contributed by atoms with Crippen molar-refractivity contribution in [3.05, 3.63) is 70.0 Å². The standard InChI is InChI=1S/C20H17BrN2O2/c1-22-18-8-7-15(9-17(18)21)25-16-10-20(11-16)12-23(13-20)19(24)14-5-3-2-4-6-14/h2-9,16H,10-13H2. The fraction of sp³-hybridized carbons (Fsp3) is 0.300. The van der Waals surface area contributed by atoms with Crippen LogP contribution >= 0.6 is 15.9 Å². The number of halogens is 1. The first kappa shape index (κ1) is 16.2. The highest BCUT2D eigenvalue weighted by Crippen LogP contribution is 2.50. The van der Waals surface area contributed by atoms with Gasteiger partial charge in [0.05, 0.1) is 6.57 Å². The molecule has 0 aromatic heterocycles. The fourth-order valence-corrected chi connectivity index (χ4v) is 4.21. The van der Waals surface area contributed by atoms with Gasteiger partial charge in [-0.3, -0.25) is 4.79 Å². The van der Waals surface area contributed by atoms with E-state index in [2.05, 4.69) is 20.8 Å². The third kappa shape index (κ3) is 3.03. The average molecular weight is 397 g/mol. The summed E-state index contributed by atoms with van der Waals surface area (Å²) in [5.41, 5.74) is 1.59. The molecule has 1 amide bonds. The maximum Gasteiger partial charge on any atom is 0.253 e. The van der Waals surface area contributed by atoms with Crippen molar-refractivity contribution in [2.75, 3.05) is 13.1 Å². The normalized spacial score (nSPS) is 18.2. The number of ether oxygens (including phenoxy) is 1. The van der Waals surface area contributed by atoms with Crippen molar-refractivity contribution in [1.82, 2.24) is 4.90 Å². The van der Waals surface area contributed by atoms with Gasteiger partial charge in [-0.25, -0.2) is 4.85 Å². The summed E-state index contributed by atoms with van der Waals surface area (Å²) in [6.07, 6.45) is 2.15. The molecule has 0 bridgehead atoms. The summed E-state index contributed by atoms with van der Waals surface area (Å²) in [6, 6.07) is 14.9. The molecule has 1 aliphatic heterocycles. The molecule has 1 heterocycles. The number of nitrogens with zero attached hydrogens (tertiary/aromatic N) is 2. The van der Waals surface area contributed by atoms with Crippen LogP contribution in [0, 0.1) is 12.0 Å². The second kappa shape index (κ2) is 6.20. The van der Waals surface area contributed by atoms with Crippen molar-refractivity contribution in [2.24, 2.45) is 5.41 Å². The smallest absolute Gasteiger partial charge is 0.253 e. The molecule has 2 aromatic rings. The van der Waals surface area contributed by atoms with Crippen LogP contribution in [-0.2, 0) is 0 Å². The van der Waals surface area contributed by atoms with Gasteiger partial charge in [0.15, 0.2) is 0 Å². The van der Waals surface area contributed by atoms with Crippen LogP contribution < -0.4 is 4.74 Å². The van der Waals surface area contributed by atoms with E-state index in [9.17, 15) is 4.79 Å². The maximum atomic E-state index is 12.4. The summed E-state index contributed by atoms with van der Waals surface area (Å²) >= 11 is 3.39. The van der Waals surface area contributed by atoms with E-state index < -0.39 is 0 Å². The Labute approximate surface area is 155 Å². The Kier molecular flexibility index (Phi) is 4.01. The molecule has 0 radical (unpaired) electrons.